The van der Waals surface area contributed by atoms with Gasteiger partial charge in [0.2, 0.25) is 0 Å². The van der Waals surface area contributed by atoms with E-state index >= 15 is 0 Å². The first-order valence-electron chi connectivity index (χ1n) is 6.48. The van der Waals surface area contributed by atoms with Crippen molar-refractivity contribution < 1.29 is 19.0 Å². The topological polar surface area (TPSA) is 75.6 Å². The molecule has 0 saturated heterocycles. The van der Waals surface area contributed by atoms with Crippen molar-refractivity contribution in [2.45, 2.75) is 0 Å². The number of aliphatic hydroxyl groups is 1. The van der Waals surface area contributed by atoms with Crippen molar-refractivity contribution in [1.82, 2.24) is 14.9 Å². The molecule has 1 amide bonds. The van der Waals surface area contributed by atoms with E-state index in [0.29, 0.717) is 17.1 Å². The summed E-state index contributed by atoms with van der Waals surface area (Å²) in [6, 6.07) is 5.55. The van der Waals surface area contributed by atoms with E-state index in [-0.39, 0.29) is 23.9 Å². The number of ether oxygens (including phenoxy) is 1. The van der Waals surface area contributed by atoms with Crippen LogP contribution in [-0.4, -0.2) is 39.5 Å². The molecule has 6 nitrogen and oxygen atoms in total. The summed E-state index contributed by atoms with van der Waals surface area (Å²) in [4.78, 5) is 21.1. The highest BCUT2D eigenvalue weighted by Gasteiger charge is 2.29. The van der Waals surface area contributed by atoms with Crippen LogP contribution < -0.4 is 4.74 Å². The lowest BCUT2D eigenvalue weighted by Gasteiger charge is -2.07. The third-order valence-electron chi connectivity index (χ3n) is 3.18. The maximum Gasteiger partial charge on any atom is 0.289 e. The molecule has 112 valence electrons. The van der Waals surface area contributed by atoms with Crippen molar-refractivity contribution in [1.29, 1.82) is 0 Å². The largest absolute Gasteiger partial charge is 0.503 e. The third-order valence-corrected chi connectivity index (χ3v) is 3.18. The van der Waals surface area contributed by atoms with Crippen LogP contribution in [0.2, 0.25) is 0 Å². The highest BCUT2D eigenvalue weighted by Crippen LogP contribution is 2.25. The van der Waals surface area contributed by atoms with E-state index in [2.05, 4.69) is 9.97 Å². The Morgan fingerprint density at radius 2 is 1.82 bits per heavy atom. The highest BCUT2D eigenvalue weighted by molar-refractivity contribution is 6.02. The zero-order chi connectivity index (χ0) is 15.7. The van der Waals surface area contributed by atoms with Gasteiger partial charge in [-0.05, 0) is 24.3 Å². The Bertz CT molecular complexity index is 742. The molecule has 0 bridgehead atoms. The standard InChI is InChI=1S/C15H12FN3O3/c1-19-8-12(13(20)15(19)21)14-17-6-11(7-18-14)22-10-4-2-9(16)3-5-10/h2-7,20H,8H2,1H3. The second-order valence-corrected chi connectivity index (χ2v) is 4.79. The summed E-state index contributed by atoms with van der Waals surface area (Å²) in [7, 11) is 1.58. The quantitative estimate of drug-likeness (QED) is 0.940. The number of hydrogen-bond donors (Lipinski definition) is 1. The van der Waals surface area contributed by atoms with Gasteiger partial charge in [0.15, 0.2) is 17.3 Å². The molecule has 1 aliphatic rings. The predicted molar refractivity (Wildman–Crippen MR) is 75.7 cm³/mol. The first kappa shape index (κ1) is 14.0. The van der Waals surface area contributed by atoms with Gasteiger partial charge < -0.3 is 14.7 Å². The number of hydrogen-bond acceptors (Lipinski definition) is 5. The molecular weight excluding hydrogens is 289 g/mol. The van der Waals surface area contributed by atoms with E-state index in [1.807, 2.05) is 0 Å². The van der Waals surface area contributed by atoms with Crippen molar-refractivity contribution in [3.63, 3.8) is 0 Å². The zero-order valence-electron chi connectivity index (χ0n) is 11.7. The molecule has 1 aliphatic heterocycles. The van der Waals surface area contributed by atoms with Crippen LogP contribution >= 0.6 is 0 Å². The average Bonchev–Trinajstić information content (AvgIpc) is 2.78. The minimum atomic E-state index is -0.453. The molecule has 2 heterocycles. The van der Waals surface area contributed by atoms with Gasteiger partial charge in [-0.15, -0.1) is 0 Å². The normalized spacial score (nSPS) is 14.6. The van der Waals surface area contributed by atoms with Crippen molar-refractivity contribution >= 4 is 11.5 Å². The minimum absolute atomic E-state index is 0.253. The summed E-state index contributed by atoms with van der Waals surface area (Å²) in [5.41, 5.74) is 0.376. The maximum absolute atomic E-state index is 12.8. The van der Waals surface area contributed by atoms with Crippen LogP contribution in [0.4, 0.5) is 4.39 Å². The lowest BCUT2D eigenvalue weighted by atomic mass is 10.2. The van der Waals surface area contributed by atoms with E-state index in [0.717, 1.165) is 0 Å². The van der Waals surface area contributed by atoms with Gasteiger partial charge in [0.25, 0.3) is 5.91 Å². The van der Waals surface area contributed by atoms with Crippen LogP contribution in [0.1, 0.15) is 5.82 Å². The van der Waals surface area contributed by atoms with Crippen LogP contribution in [0, 0.1) is 5.82 Å². The van der Waals surface area contributed by atoms with E-state index in [1.54, 1.807) is 7.05 Å². The fourth-order valence-corrected chi connectivity index (χ4v) is 2.03. The number of aliphatic hydroxyl groups excluding tert-OH is 1. The molecule has 0 unspecified atom stereocenters. The fourth-order valence-electron chi connectivity index (χ4n) is 2.03. The predicted octanol–water partition coefficient (Wildman–Crippen LogP) is 2.15. The Kier molecular flexibility index (Phi) is 3.46. The number of carbonyl (C=O) groups is 1. The lowest BCUT2D eigenvalue weighted by molar-refractivity contribution is -0.126. The SMILES string of the molecule is CN1CC(c2ncc(Oc3ccc(F)cc3)cn2)=C(O)C1=O. The molecule has 0 fully saturated rings. The van der Waals surface area contributed by atoms with Crippen LogP contribution in [0.3, 0.4) is 0 Å². The molecule has 7 heteroatoms. The first-order chi connectivity index (χ1) is 10.5. The number of benzene rings is 1. The lowest BCUT2D eigenvalue weighted by Crippen LogP contribution is -2.21. The maximum atomic E-state index is 12.8. The number of amides is 1. The Balaban J connectivity index is 1.79. The van der Waals surface area contributed by atoms with Gasteiger partial charge in [-0.1, -0.05) is 0 Å². The molecule has 1 aromatic heterocycles. The summed E-state index contributed by atoms with van der Waals surface area (Å²) in [6.45, 7) is 0.253. The van der Waals surface area contributed by atoms with E-state index in [9.17, 15) is 14.3 Å². The molecule has 0 saturated carbocycles. The van der Waals surface area contributed by atoms with Gasteiger partial charge >= 0.3 is 0 Å². The third kappa shape index (κ3) is 2.60. The smallest absolute Gasteiger partial charge is 0.289 e. The summed E-state index contributed by atoms with van der Waals surface area (Å²) in [5, 5.41) is 9.75. The van der Waals surface area contributed by atoms with Gasteiger partial charge in [0, 0.05) is 7.05 Å². The molecule has 0 spiro atoms. The highest BCUT2D eigenvalue weighted by atomic mass is 19.1. The summed E-state index contributed by atoms with van der Waals surface area (Å²) in [5.74, 6) is -0.0540. The minimum Gasteiger partial charge on any atom is -0.503 e. The van der Waals surface area contributed by atoms with Crippen LogP contribution in [0.25, 0.3) is 5.57 Å². The second-order valence-electron chi connectivity index (χ2n) is 4.79. The van der Waals surface area contributed by atoms with Gasteiger partial charge in [-0.3, -0.25) is 4.79 Å². The summed E-state index contributed by atoms with van der Waals surface area (Å²) < 4.78 is 18.3. The molecule has 1 aromatic carbocycles. The zero-order valence-corrected chi connectivity index (χ0v) is 11.7. The molecular formula is C15H12FN3O3. The molecule has 3 rings (SSSR count). The monoisotopic (exact) mass is 301 g/mol. The Morgan fingerprint density at radius 3 is 2.36 bits per heavy atom. The fraction of sp³-hybridized carbons (Fsp3) is 0.133. The number of carbonyl (C=O) groups excluding carboxylic acids is 1. The molecule has 2 aromatic rings. The van der Waals surface area contributed by atoms with E-state index < -0.39 is 5.91 Å². The van der Waals surface area contributed by atoms with Gasteiger partial charge in [0.1, 0.15) is 11.6 Å². The number of nitrogens with zero attached hydrogens (tertiary/aromatic N) is 3. The Labute approximate surface area is 125 Å². The van der Waals surface area contributed by atoms with Gasteiger partial charge in [-0.25, -0.2) is 14.4 Å². The first-order valence-corrected chi connectivity index (χ1v) is 6.48. The second kappa shape index (κ2) is 5.44. The van der Waals surface area contributed by atoms with E-state index in [1.165, 1.54) is 41.6 Å². The number of rotatable bonds is 3. The summed E-state index contributed by atoms with van der Waals surface area (Å²) in [6.07, 6.45) is 2.85. The number of likely N-dealkylation sites (N-methyl/N-ethyl adjacent to an activating group) is 1. The molecule has 0 radical (unpaired) electrons. The molecule has 1 N–H and O–H groups in total. The van der Waals surface area contributed by atoms with E-state index in [4.69, 9.17) is 4.74 Å². The van der Waals surface area contributed by atoms with Crippen molar-refractivity contribution in [3.8, 4) is 11.5 Å². The molecule has 0 atom stereocenters. The molecule has 0 aliphatic carbocycles. The number of aromatic nitrogens is 2. The summed E-state index contributed by atoms with van der Waals surface area (Å²) >= 11 is 0. The average molecular weight is 301 g/mol. The van der Waals surface area contributed by atoms with Crippen LogP contribution in [-0.2, 0) is 4.79 Å². The van der Waals surface area contributed by atoms with Crippen LogP contribution in [0.15, 0.2) is 42.4 Å². The van der Waals surface area contributed by atoms with Crippen molar-refractivity contribution in [3.05, 3.63) is 54.1 Å². The van der Waals surface area contributed by atoms with Crippen LogP contribution in [0.5, 0.6) is 11.5 Å². The number of halogens is 1. The van der Waals surface area contributed by atoms with Crippen molar-refractivity contribution in [2.75, 3.05) is 13.6 Å². The van der Waals surface area contributed by atoms with Gasteiger partial charge in [-0.2, -0.15) is 0 Å². The van der Waals surface area contributed by atoms with Gasteiger partial charge in [0.05, 0.1) is 24.5 Å². The van der Waals surface area contributed by atoms with Crippen molar-refractivity contribution in [2.24, 2.45) is 0 Å². The Morgan fingerprint density at radius 1 is 1.18 bits per heavy atom. The molecule has 22 heavy (non-hydrogen) atoms. The Hall–Kier alpha value is -2.96.